The summed E-state index contributed by atoms with van der Waals surface area (Å²) in [7, 11) is 0. The van der Waals surface area contributed by atoms with E-state index in [1.165, 1.54) is 6.07 Å². The van der Waals surface area contributed by atoms with Gasteiger partial charge < -0.3 is 10.2 Å². The van der Waals surface area contributed by atoms with E-state index in [9.17, 15) is 17.6 Å². The molecule has 1 aliphatic rings. The van der Waals surface area contributed by atoms with Gasteiger partial charge in [-0.15, -0.1) is 0 Å². The molecule has 1 aromatic carbocycles. The van der Waals surface area contributed by atoms with Crippen LogP contribution in [0.15, 0.2) is 24.3 Å². The highest BCUT2D eigenvalue weighted by Gasteiger charge is 2.40. The zero-order chi connectivity index (χ0) is 14.6. The zero-order valence-corrected chi connectivity index (χ0v) is 11.1. The molecular formula is C14H18F4N2. The third-order valence-corrected chi connectivity index (χ3v) is 3.67. The second kappa shape index (κ2) is 6.43. The van der Waals surface area contributed by atoms with Crippen LogP contribution in [0.25, 0.3) is 0 Å². The lowest BCUT2D eigenvalue weighted by Crippen LogP contribution is -2.40. The van der Waals surface area contributed by atoms with E-state index in [1.54, 1.807) is 18.2 Å². The molecule has 1 aliphatic heterocycles. The van der Waals surface area contributed by atoms with Crippen molar-refractivity contribution in [1.29, 1.82) is 0 Å². The maximum Gasteiger partial charge on any atom is 0.391 e. The fourth-order valence-electron chi connectivity index (χ4n) is 2.44. The number of anilines is 1. The van der Waals surface area contributed by atoms with Crippen molar-refractivity contribution in [2.24, 2.45) is 5.92 Å². The van der Waals surface area contributed by atoms with Gasteiger partial charge in [0.2, 0.25) is 0 Å². The summed E-state index contributed by atoms with van der Waals surface area (Å²) >= 11 is 0. The van der Waals surface area contributed by atoms with E-state index in [0.717, 1.165) is 0 Å². The van der Waals surface area contributed by atoms with Gasteiger partial charge in [0.15, 0.2) is 0 Å². The predicted octanol–water partition coefficient (Wildman–Crippen LogP) is 3.51. The quantitative estimate of drug-likeness (QED) is 0.854. The Morgan fingerprint density at radius 1 is 1.15 bits per heavy atom. The van der Waals surface area contributed by atoms with Gasteiger partial charge in [0.05, 0.1) is 11.6 Å². The summed E-state index contributed by atoms with van der Waals surface area (Å²) in [5.41, 5.74) is 0.428. The average molecular weight is 290 g/mol. The molecule has 1 heterocycles. The second-order valence-corrected chi connectivity index (χ2v) is 5.06. The summed E-state index contributed by atoms with van der Waals surface area (Å²) in [4.78, 5) is 1.98. The lowest BCUT2D eigenvalue weighted by atomic mass is 9.96. The Balaban J connectivity index is 1.71. The third kappa shape index (κ3) is 4.10. The van der Waals surface area contributed by atoms with Crippen LogP contribution in [0.5, 0.6) is 0 Å². The molecule has 0 aliphatic carbocycles. The van der Waals surface area contributed by atoms with Crippen molar-refractivity contribution in [1.82, 2.24) is 4.90 Å². The molecule has 1 fully saturated rings. The minimum atomic E-state index is -4.07. The molecule has 2 rings (SSSR count). The minimum absolute atomic E-state index is 0.156. The topological polar surface area (TPSA) is 15.3 Å². The van der Waals surface area contributed by atoms with Crippen molar-refractivity contribution in [2.45, 2.75) is 19.0 Å². The molecule has 1 saturated heterocycles. The first-order valence-electron chi connectivity index (χ1n) is 6.74. The number of hydrogen-bond donors (Lipinski definition) is 1. The highest BCUT2D eigenvalue weighted by Crippen LogP contribution is 2.33. The molecule has 0 unspecified atom stereocenters. The predicted molar refractivity (Wildman–Crippen MR) is 70.1 cm³/mol. The van der Waals surface area contributed by atoms with Crippen molar-refractivity contribution < 1.29 is 17.6 Å². The minimum Gasteiger partial charge on any atom is -0.381 e. The van der Waals surface area contributed by atoms with Gasteiger partial charge in [-0.3, -0.25) is 0 Å². The Kier molecular flexibility index (Phi) is 4.86. The molecule has 112 valence electrons. The molecule has 0 bridgehead atoms. The first-order valence-corrected chi connectivity index (χ1v) is 6.74. The molecule has 0 atom stereocenters. The van der Waals surface area contributed by atoms with Crippen LogP contribution in [0.2, 0.25) is 0 Å². The maximum absolute atomic E-state index is 13.3. The number of benzene rings is 1. The molecule has 6 heteroatoms. The van der Waals surface area contributed by atoms with Crippen LogP contribution in [-0.2, 0) is 0 Å². The van der Waals surface area contributed by atoms with Crippen LogP contribution < -0.4 is 5.32 Å². The van der Waals surface area contributed by atoms with E-state index < -0.39 is 12.1 Å². The second-order valence-electron chi connectivity index (χ2n) is 5.06. The summed E-state index contributed by atoms with van der Waals surface area (Å²) in [6.07, 6.45) is -3.76. The first-order chi connectivity index (χ1) is 9.47. The highest BCUT2D eigenvalue weighted by molar-refractivity contribution is 5.44. The van der Waals surface area contributed by atoms with Crippen molar-refractivity contribution in [3.8, 4) is 0 Å². The molecule has 0 radical (unpaired) electrons. The van der Waals surface area contributed by atoms with E-state index in [-0.39, 0.29) is 18.7 Å². The standard InChI is InChI=1S/C14H18F4N2/c15-12-3-1-2-4-13(12)19-7-10-20-8-5-11(6-9-20)14(16,17)18/h1-4,11,19H,5-10H2. The number of nitrogens with zero attached hydrogens (tertiary/aromatic N) is 1. The number of hydrogen-bond acceptors (Lipinski definition) is 2. The fourth-order valence-corrected chi connectivity index (χ4v) is 2.44. The Morgan fingerprint density at radius 3 is 2.40 bits per heavy atom. The van der Waals surface area contributed by atoms with E-state index in [2.05, 4.69) is 5.32 Å². The summed E-state index contributed by atoms with van der Waals surface area (Å²) in [6, 6.07) is 6.37. The highest BCUT2D eigenvalue weighted by atomic mass is 19.4. The van der Waals surface area contributed by atoms with Crippen LogP contribution in [-0.4, -0.2) is 37.3 Å². The van der Waals surface area contributed by atoms with Gasteiger partial charge in [-0.2, -0.15) is 13.2 Å². The van der Waals surface area contributed by atoms with E-state index in [1.807, 2.05) is 4.90 Å². The normalized spacial score (nSPS) is 18.2. The number of nitrogens with one attached hydrogen (secondary N) is 1. The fraction of sp³-hybridized carbons (Fsp3) is 0.571. The van der Waals surface area contributed by atoms with E-state index in [4.69, 9.17) is 0 Å². The summed E-state index contributed by atoms with van der Waals surface area (Å²) in [5, 5.41) is 2.96. The smallest absolute Gasteiger partial charge is 0.381 e. The Morgan fingerprint density at radius 2 is 1.80 bits per heavy atom. The van der Waals surface area contributed by atoms with Gasteiger partial charge in [0.1, 0.15) is 5.82 Å². The van der Waals surface area contributed by atoms with Gasteiger partial charge in [0, 0.05) is 13.1 Å². The Labute approximate surface area is 115 Å². The molecule has 0 amide bonds. The molecule has 0 spiro atoms. The van der Waals surface area contributed by atoms with Crippen LogP contribution in [0.3, 0.4) is 0 Å². The van der Waals surface area contributed by atoms with E-state index >= 15 is 0 Å². The molecule has 2 nitrogen and oxygen atoms in total. The molecule has 0 aromatic heterocycles. The lowest BCUT2D eigenvalue weighted by Gasteiger charge is -2.32. The number of likely N-dealkylation sites (tertiary alicyclic amines) is 1. The summed E-state index contributed by atoms with van der Waals surface area (Å²) < 4.78 is 50.9. The number of piperidine rings is 1. The van der Waals surface area contributed by atoms with Crippen molar-refractivity contribution in [3.05, 3.63) is 30.1 Å². The first kappa shape index (κ1) is 15.1. The van der Waals surface area contributed by atoms with Crippen molar-refractivity contribution >= 4 is 5.69 Å². The third-order valence-electron chi connectivity index (χ3n) is 3.67. The van der Waals surface area contributed by atoms with Gasteiger partial charge in [0.25, 0.3) is 0 Å². The van der Waals surface area contributed by atoms with Gasteiger partial charge >= 0.3 is 6.18 Å². The molecule has 1 N–H and O–H groups in total. The van der Waals surface area contributed by atoms with Gasteiger partial charge in [-0.05, 0) is 38.1 Å². The van der Waals surface area contributed by atoms with Crippen LogP contribution in [0.1, 0.15) is 12.8 Å². The van der Waals surface area contributed by atoms with Crippen LogP contribution in [0, 0.1) is 11.7 Å². The van der Waals surface area contributed by atoms with Gasteiger partial charge in [-0.1, -0.05) is 12.1 Å². The summed E-state index contributed by atoms with van der Waals surface area (Å²) in [5.74, 6) is -1.48. The van der Waals surface area contributed by atoms with Crippen LogP contribution in [0.4, 0.5) is 23.2 Å². The summed E-state index contributed by atoms with van der Waals surface area (Å²) in [6.45, 7) is 2.04. The number of rotatable bonds is 4. The number of alkyl halides is 3. The Hall–Kier alpha value is -1.30. The molecular weight excluding hydrogens is 272 g/mol. The SMILES string of the molecule is Fc1ccccc1NCCN1CCC(C(F)(F)F)CC1. The Bertz CT molecular complexity index is 425. The average Bonchev–Trinajstić information content (AvgIpc) is 2.40. The van der Waals surface area contributed by atoms with Crippen molar-refractivity contribution in [3.63, 3.8) is 0 Å². The number of para-hydroxylation sites is 1. The molecule has 20 heavy (non-hydrogen) atoms. The molecule has 1 aromatic rings. The van der Waals surface area contributed by atoms with E-state index in [0.29, 0.717) is 31.9 Å². The van der Waals surface area contributed by atoms with Crippen molar-refractivity contribution in [2.75, 3.05) is 31.5 Å². The van der Waals surface area contributed by atoms with Crippen LogP contribution >= 0.6 is 0 Å². The zero-order valence-electron chi connectivity index (χ0n) is 11.1. The largest absolute Gasteiger partial charge is 0.391 e. The monoisotopic (exact) mass is 290 g/mol. The maximum atomic E-state index is 13.3. The number of halogens is 4. The lowest BCUT2D eigenvalue weighted by molar-refractivity contribution is -0.184. The van der Waals surface area contributed by atoms with Gasteiger partial charge in [-0.25, -0.2) is 4.39 Å². The molecule has 0 saturated carbocycles.